The van der Waals surface area contributed by atoms with Crippen LogP contribution < -0.4 is 5.73 Å². The number of amides is 1. The van der Waals surface area contributed by atoms with Crippen molar-refractivity contribution in [1.82, 2.24) is 4.90 Å². The number of hydrogen-bond donors (Lipinski definition) is 3. The smallest absolute Gasteiger partial charge is 0.246 e. The summed E-state index contributed by atoms with van der Waals surface area (Å²) >= 11 is 0. The first-order valence-electron chi connectivity index (χ1n) is 7.10. The van der Waals surface area contributed by atoms with Crippen LogP contribution in [0.3, 0.4) is 0 Å². The van der Waals surface area contributed by atoms with Crippen molar-refractivity contribution in [2.75, 3.05) is 19.6 Å². The van der Waals surface area contributed by atoms with E-state index < -0.39 is 18.1 Å². The van der Waals surface area contributed by atoms with Crippen molar-refractivity contribution in [2.45, 2.75) is 25.0 Å². The maximum atomic E-state index is 12.8. The third-order valence-electron chi connectivity index (χ3n) is 4.06. The third kappa shape index (κ3) is 4.23. The van der Waals surface area contributed by atoms with E-state index in [1.165, 1.54) is 12.1 Å². The molecule has 2 unspecified atom stereocenters. The summed E-state index contributed by atoms with van der Waals surface area (Å²) in [5.41, 5.74) is 5.77. The number of aliphatic hydroxyl groups excluding tert-OH is 2. The Bertz CT molecular complexity index is 472. The van der Waals surface area contributed by atoms with Gasteiger partial charge in [-0.2, -0.15) is 0 Å². The Kier molecular flexibility index (Phi) is 5.27. The number of carbonyl (C=O) groups is 1. The van der Waals surface area contributed by atoms with Crippen LogP contribution in [0.25, 0.3) is 0 Å². The molecule has 0 bridgehead atoms. The van der Waals surface area contributed by atoms with Gasteiger partial charge in [0.1, 0.15) is 11.9 Å². The number of benzene rings is 1. The lowest BCUT2D eigenvalue weighted by molar-refractivity contribution is -0.129. The molecule has 21 heavy (non-hydrogen) atoms. The minimum atomic E-state index is -1.09. The standard InChI is InChI=1S/C15H21FN2O3/c16-12-3-1-10(2-4-12)13(19)9-18-7-5-11(6-8-18)14(20)15(17)21/h1-4,11,13-14,19-20H,5-9H2,(H2,17,21). The zero-order chi connectivity index (χ0) is 15.4. The van der Waals surface area contributed by atoms with E-state index in [2.05, 4.69) is 4.90 Å². The van der Waals surface area contributed by atoms with Crippen LogP contribution in [-0.2, 0) is 4.79 Å². The zero-order valence-electron chi connectivity index (χ0n) is 11.8. The molecule has 1 aliphatic rings. The van der Waals surface area contributed by atoms with Crippen LogP contribution in [0.4, 0.5) is 4.39 Å². The highest BCUT2D eigenvalue weighted by molar-refractivity contribution is 5.78. The Hall–Kier alpha value is -1.50. The minimum Gasteiger partial charge on any atom is -0.387 e. The number of likely N-dealkylation sites (tertiary alicyclic amines) is 1. The summed E-state index contributed by atoms with van der Waals surface area (Å²) in [7, 11) is 0. The summed E-state index contributed by atoms with van der Waals surface area (Å²) < 4.78 is 12.8. The molecule has 1 aromatic carbocycles. The van der Waals surface area contributed by atoms with Gasteiger partial charge in [-0.3, -0.25) is 4.79 Å². The van der Waals surface area contributed by atoms with Crippen molar-refractivity contribution in [3.8, 4) is 0 Å². The number of hydrogen-bond acceptors (Lipinski definition) is 4. The maximum Gasteiger partial charge on any atom is 0.246 e. The molecule has 116 valence electrons. The van der Waals surface area contributed by atoms with Gasteiger partial charge in [0.2, 0.25) is 5.91 Å². The van der Waals surface area contributed by atoms with E-state index in [-0.39, 0.29) is 11.7 Å². The fourth-order valence-corrected chi connectivity index (χ4v) is 2.72. The van der Waals surface area contributed by atoms with Crippen LogP contribution in [0.15, 0.2) is 24.3 Å². The van der Waals surface area contributed by atoms with Crippen LogP contribution in [0.5, 0.6) is 0 Å². The van der Waals surface area contributed by atoms with E-state index in [0.717, 1.165) is 0 Å². The van der Waals surface area contributed by atoms with Gasteiger partial charge < -0.3 is 20.8 Å². The van der Waals surface area contributed by atoms with Crippen molar-refractivity contribution in [2.24, 2.45) is 11.7 Å². The Morgan fingerprint density at radius 2 is 1.86 bits per heavy atom. The molecule has 5 nitrogen and oxygen atoms in total. The molecule has 0 aliphatic carbocycles. The molecule has 0 aromatic heterocycles. The van der Waals surface area contributed by atoms with E-state index >= 15 is 0 Å². The van der Waals surface area contributed by atoms with Crippen LogP contribution in [0.1, 0.15) is 24.5 Å². The number of nitrogens with zero attached hydrogens (tertiary/aromatic N) is 1. The molecule has 1 saturated heterocycles. The Morgan fingerprint density at radius 3 is 2.38 bits per heavy atom. The average Bonchev–Trinajstić information content (AvgIpc) is 2.47. The molecule has 0 saturated carbocycles. The van der Waals surface area contributed by atoms with E-state index in [4.69, 9.17) is 5.73 Å². The number of β-amino-alcohol motifs (C(OH)–C–C–N with tert-alkyl or cyclic N) is 1. The van der Waals surface area contributed by atoms with Gasteiger partial charge in [-0.1, -0.05) is 12.1 Å². The first kappa shape index (κ1) is 15.9. The van der Waals surface area contributed by atoms with Gasteiger partial charge in [-0.25, -0.2) is 4.39 Å². The largest absolute Gasteiger partial charge is 0.387 e. The maximum absolute atomic E-state index is 12.8. The molecular formula is C15H21FN2O3. The lowest BCUT2D eigenvalue weighted by Gasteiger charge is -2.34. The number of aliphatic hydroxyl groups is 2. The van der Waals surface area contributed by atoms with Crippen molar-refractivity contribution in [1.29, 1.82) is 0 Å². The van der Waals surface area contributed by atoms with Gasteiger partial charge in [0, 0.05) is 6.54 Å². The van der Waals surface area contributed by atoms with E-state index in [1.807, 2.05) is 0 Å². The van der Waals surface area contributed by atoms with Crippen molar-refractivity contribution < 1.29 is 19.4 Å². The predicted molar refractivity (Wildman–Crippen MR) is 75.7 cm³/mol. The first-order valence-corrected chi connectivity index (χ1v) is 7.10. The summed E-state index contributed by atoms with van der Waals surface area (Å²) in [5.74, 6) is -1.12. The lowest BCUT2D eigenvalue weighted by Crippen LogP contribution is -2.43. The molecule has 1 fully saturated rings. The van der Waals surface area contributed by atoms with Crippen molar-refractivity contribution in [3.05, 3.63) is 35.6 Å². The van der Waals surface area contributed by atoms with Crippen LogP contribution in [0.2, 0.25) is 0 Å². The number of rotatable bonds is 5. The summed E-state index contributed by atoms with van der Waals surface area (Å²) in [4.78, 5) is 13.0. The SMILES string of the molecule is NC(=O)C(O)C1CCN(CC(O)c2ccc(F)cc2)CC1. The number of halogens is 1. The highest BCUT2D eigenvalue weighted by Gasteiger charge is 2.29. The molecule has 0 spiro atoms. The third-order valence-corrected chi connectivity index (χ3v) is 4.06. The quantitative estimate of drug-likeness (QED) is 0.735. The molecule has 1 aromatic rings. The fourth-order valence-electron chi connectivity index (χ4n) is 2.72. The number of primary amides is 1. The van der Waals surface area contributed by atoms with Gasteiger partial charge in [0.25, 0.3) is 0 Å². The van der Waals surface area contributed by atoms with Gasteiger partial charge >= 0.3 is 0 Å². The normalized spacial score (nSPS) is 20.1. The molecule has 1 heterocycles. The molecule has 1 aliphatic heterocycles. The fraction of sp³-hybridized carbons (Fsp3) is 0.533. The Morgan fingerprint density at radius 1 is 1.29 bits per heavy atom. The van der Waals surface area contributed by atoms with E-state index in [9.17, 15) is 19.4 Å². The second-order valence-electron chi connectivity index (χ2n) is 5.55. The second-order valence-corrected chi connectivity index (χ2v) is 5.55. The van der Waals surface area contributed by atoms with Crippen LogP contribution in [0, 0.1) is 11.7 Å². The molecular weight excluding hydrogens is 275 g/mol. The second kappa shape index (κ2) is 6.98. The highest BCUT2D eigenvalue weighted by atomic mass is 19.1. The molecule has 2 rings (SSSR count). The summed E-state index contributed by atoms with van der Waals surface area (Å²) in [6, 6.07) is 5.80. The number of nitrogens with two attached hydrogens (primary N) is 1. The van der Waals surface area contributed by atoms with Crippen molar-refractivity contribution in [3.63, 3.8) is 0 Å². The lowest BCUT2D eigenvalue weighted by atomic mass is 9.90. The van der Waals surface area contributed by atoms with Gasteiger partial charge in [-0.05, 0) is 49.5 Å². The molecule has 2 atom stereocenters. The van der Waals surface area contributed by atoms with E-state index in [0.29, 0.717) is 38.0 Å². The number of piperidine rings is 1. The first-order chi connectivity index (χ1) is 9.97. The van der Waals surface area contributed by atoms with Gasteiger partial charge in [0.05, 0.1) is 6.10 Å². The summed E-state index contributed by atoms with van der Waals surface area (Å²) in [6.07, 6.45) is -0.432. The van der Waals surface area contributed by atoms with Crippen LogP contribution in [-0.4, -0.2) is 46.8 Å². The molecule has 6 heteroatoms. The summed E-state index contributed by atoms with van der Waals surface area (Å²) in [5, 5.41) is 19.8. The topological polar surface area (TPSA) is 86.8 Å². The van der Waals surface area contributed by atoms with Gasteiger partial charge in [0.15, 0.2) is 0 Å². The Labute approximate surface area is 123 Å². The monoisotopic (exact) mass is 296 g/mol. The summed E-state index contributed by atoms with van der Waals surface area (Å²) in [6.45, 7) is 1.82. The van der Waals surface area contributed by atoms with Crippen LogP contribution >= 0.6 is 0 Å². The minimum absolute atomic E-state index is 0.110. The average molecular weight is 296 g/mol. The molecule has 4 N–H and O–H groups in total. The highest BCUT2D eigenvalue weighted by Crippen LogP contribution is 2.23. The predicted octanol–water partition coefficient (Wildman–Crippen LogP) is 0.417. The Balaban J connectivity index is 1.83. The molecule has 0 radical (unpaired) electrons. The van der Waals surface area contributed by atoms with Gasteiger partial charge in [-0.15, -0.1) is 0 Å². The van der Waals surface area contributed by atoms with E-state index in [1.54, 1.807) is 12.1 Å². The molecule has 1 amide bonds. The number of carbonyl (C=O) groups excluding carboxylic acids is 1. The van der Waals surface area contributed by atoms with Crippen molar-refractivity contribution >= 4 is 5.91 Å². The zero-order valence-corrected chi connectivity index (χ0v) is 11.8.